The number of H-pyrrole nitrogens is 1. The zero-order chi connectivity index (χ0) is 12.2. The summed E-state index contributed by atoms with van der Waals surface area (Å²) in [5.74, 6) is 0.526. The average Bonchev–Trinajstić information content (AvgIpc) is 2.61. The third-order valence-corrected chi connectivity index (χ3v) is 3.02. The topological polar surface area (TPSA) is 96.7 Å². The van der Waals surface area contributed by atoms with E-state index in [4.69, 9.17) is 5.73 Å². The molecule has 0 bridgehead atoms. The third kappa shape index (κ3) is 4.09. The standard InChI is InChI=1S/C9H17N5OS/c1-4-9(2,3)12-6(15)5-16-8-11-7(10)13-14-8/h4-5H2,1-3H3,(H,12,15)(H3,10,11,13,14). The highest BCUT2D eigenvalue weighted by Gasteiger charge is 2.18. The number of nitrogens with one attached hydrogen (secondary N) is 2. The van der Waals surface area contributed by atoms with Crippen LogP contribution in [0.5, 0.6) is 0 Å². The smallest absolute Gasteiger partial charge is 0.230 e. The Bertz CT molecular complexity index is 363. The van der Waals surface area contributed by atoms with Crippen molar-refractivity contribution in [1.29, 1.82) is 0 Å². The van der Waals surface area contributed by atoms with Crippen molar-refractivity contribution in [2.45, 2.75) is 37.9 Å². The van der Waals surface area contributed by atoms with Gasteiger partial charge in [-0.2, -0.15) is 4.98 Å². The van der Waals surface area contributed by atoms with Crippen LogP contribution in [0.1, 0.15) is 27.2 Å². The molecule has 0 aliphatic rings. The zero-order valence-electron chi connectivity index (χ0n) is 9.70. The summed E-state index contributed by atoms with van der Waals surface area (Å²) < 4.78 is 0. The summed E-state index contributed by atoms with van der Waals surface area (Å²) in [7, 11) is 0. The molecule has 7 heteroatoms. The number of amides is 1. The first-order valence-electron chi connectivity index (χ1n) is 5.04. The normalized spacial score (nSPS) is 11.4. The SMILES string of the molecule is CCC(C)(C)NC(=O)CSc1n[nH]c(N)n1. The molecule has 4 N–H and O–H groups in total. The van der Waals surface area contributed by atoms with Gasteiger partial charge in [0.25, 0.3) is 0 Å². The second kappa shape index (κ2) is 5.20. The number of thioether (sulfide) groups is 1. The van der Waals surface area contributed by atoms with Gasteiger partial charge in [-0.3, -0.25) is 4.79 Å². The van der Waals surface area contributed by atoms with Gasteiger partial charge in [-0.15, -0.1) is 5.10 Å². The molecule has 16 heavy (non-hydrogen) atoms. The fourth-order valence-electron chi connectivity index (χ4n) is 0.955. The van der Waals surface area contributed by atoms with Crippen molar-refractivity contribution >= 4 is 23.6 Å². The summed E-state index contributed by atoms with van der Waals surface area (Å²) in [5, 5.41) is 9.76. The maximum absolute atomic E-state index is 11.6. The lowest BCUT2D eigenvalue weighted by Crippen LogP contribution is -2.43. The van der Waals surface area contributed by atoms with Crippen LogP contribution in [0.25, 0.3) is 0 Å². The molecule has 0 radical (unpaired) electrons. The van der Waals surface area contributed by atoms with Crippen LogP contribution in [0.2, 0.25) is 0 Å². The molecule has 1 heterocycles. The largest absolute Gasteiger partial charge is 0.368 e. The molecule has 1 rings (SSSR count). The maximum atomic E-state index is 11.6. The Morgan fingerprint density at radius 2 is 2.31 bits per heavy atom. The minimum absolute atomic E-state index is 0.0276. The number of carbonyl (C=O) groups is 1. The molecule has 6 nitrogen and oxygen atoms in total. The highest BCUT2D eigenvalue weighted by atomic mass is 32.2. The van der Waals surface area contributed by atoms with Crippen molar-refractivity contribution in [2.75, 3.05) is 11.5 Å². The van der Waals surface area contributed by atoms with Gasteiger partial charge < -0.3 is 11.1 Å². The lowest BCUT2D eigenvalue weighted by Gasteiger charge is -2.24. The number of nitrogens with two attached hydrogens (primary N) is 1. The molecular formula is C9H17N5OS. The van der Waals surface area contributed by atoms with E-state index in [0.29, 0.717) is 10.9 Å². The van der Waals surface area contributed by atoms with Gasteiger partial charge in [0, 0.05) is 5.54 Å². The highest BCUT2D eigenvalue weighted by Crippen LogP contribution is 2.13. The number of aromatic nitrogens is 3. The summed E-state index contributed by atoms with van der Waals surface area (Å²) in [6, 6.07) is 0. The molecule has 0 aromatic carbocycles. The molecule has 0 fully saturated rings. The number of carbonyl (C=O) groups excluding carboxylic acids is 1. The maximum Gasteiger partial charge on any atom is 0.230 e. The van der Waals surface area contributed by atoms with Crippen molar-refractivity contribution in [3.8, 4) is 0 Å². The third-order valence-electron chi connectivity index (χ3n) is 2.18. The van der Waals surface area contributed by atoms with Crippen molar-refractivity contribution < 1.29 is 4.79 Å². The Balaban J connectivity index is 2.36. The predicted molar refractivity (Wildman–Crippen MR) is 64.0 cm³/mol. The van der Waals surface area contributed by atoms with Gasteiger partial charge in [0.05, 0.1) is 5.75 Å². The minimum atomic E-state index is -0.171. The zero-order valence-corrected chi connectivity index (χ0v) is 10.5. The summed E-state index contributed by atoms with van der Waals surface area (Å²) in [6.07, 6.45) is 0.886. The van der Waals surface area contributed by atoms with Gasteiger partial charge in [0.15, 0.2) is 0 Å². The summed E-state index contributed by atoms with van der Waals surface area (Å²) in [5.41, 5.74) is 5.19. The quantitative estimate of drug-likeness (QED) is 0.664. The van der Waals surface area contributed by atoms with E-state index >= 15 is 0 Å². The number of nitrogen functional groups attached to an aromatic ring is 1. The van der Waals surface area contributed by atoms with E-state index in [1.165, 1.54) is 11.8 Å². The molecule has 0 unspecified atom stereocenters. The van der Waals surface area contributed by atoms with E-state index in [1.807, 2.05) is 20.8 Å². The first-order valence-corrected chi connectivity index (χ1v) is 6.03. The average molecular weight is 243 g/mol. The molecule has 90 valence electrons. The van der Waals surface area contributed by atoms with Crippen molar-refractivity contribution in [2.24, 2.45) is 0 Å². The van der Waals surface area contributed by atoms with E-state index in [-0.39, 0.29) is 17.4 Å². The first-order chi connectivity index (χ1) is 7.43. The van der Waals surface area contributed by atoms with Gasteiger partial charge in [-0.25, -0.2) is 5.10 Å². The Labute approximate surface area is 98.8 Å². The predicted octanol–water partition coefficient (Wildman–Crippen LogP) is 0.784. The van der Waals surface area contributed by atoms with Gasteiger partial charge >= 0.3 is 0 Å². The van der Waals surface area contributed by atoms with E-state index in [2.05, 4.69) is 20.5 Å². The van der Waals surface area contributed by atoms with Crippen LogP contribution >= 0.6 is 11.8 Å². The Kier molecular flexibility index (Phi) is 4.17. The minimum Gasteiger partial charge on any atom is -0.368 e. The van der Waals surface area contributed by atoms with Crippen LogP contribution < -0.4 is 11.1 Å². The number of aromatic amines is 1. The molecule has 0 spiro atoms. The lowest BCUT2D eigenvalue weighted by atomic mass is 10.0. The van der Waals surface area contributed by atoms with Gasteiger partial charge in [-0.1, -0.05) is 18.7 Å². The molecule has 1 amide bonds. The van der Waals surface area contributed by atoms with Gasteiger partial charge in [-0.05, 0) is 20.3 Å². The van der Waals surface area contributed by atoms with Crippen molar-refractivity contribution in [3.63, 3.8) is 0 Å². The van der Waals surface area contributed by atoms with Crippen LogP contribution in [0.15, 0.2) is 5.16 Å². The Morgan fingerprint density at radius 1 is 1.62 bits per heavy atom. The van der Waals surface area contributed by atoms with Crippen molar-refractivity contribution in [3.05, 3.63) is 0 Å². The molecule has 0 saturated carbocycles. The molecule has 0 saturated heterocycles. The van der Waals surface area contributed by atoms with E-state index in [1.54, 1.807) is 0 Å². The molecule has 1 aromatic heterocycles. The van der Waals surface area contributed by atoms with Crippen molar-refractivity contribution in [1.82, 2.24) is 20.5 Å². The Hall–Kier alpha value is -1.24. The summed E-state index contributed by atoms with van der Waals surface area (Å²) >= 11 is 1.26. The summed E-state index contributed by atoms with van der Waals surface area (Å²) in [6.45, 7) is 6.00. The highest BCUT2D eigenvalue weighted by molar-refractivity contribution is 7.99. The fraction of sp³-hybridized carbons (Fsp3) is 0.667. The molecule has 1 aromatic rings. The van der Waals surface area contributed by atoms with E-state index < -0.39 is 0 Å². The van der Waals surface area contributed by atoms with E-state index in [0.717, 1.165) is 6.42 Å². The van der Waals surface area contributed by atoms with Crippen LogP contribution in [-0.2, 0) is 4.79 Å². The van der Waals surface area contributed by atoms with Gasteiger partial charge in [0.2, 0.25) is 17.0 Å². The number of rotatable bonds is 5. The van der Waals surface area contributed by atoms with Crippen LogP contribution in [-0.4, -0.2) is 32.4 Å². The van der Waals surface area contributed by atoms with Crippen LogP contribution in [0.3, 0.4) is 0 Å². The monoisotopic (exact) mass is 243 g/mol. The van der Waals surface area contributed by atoms with E-state index in [9.17, 15) is 4.79 Å². The molecule has 0 aliphatic carbocycles. The molecular weight excluding hydrogens is 226 g/mol. The van der Waals surface area contributed by atoms with Crippen LogP contribution in [0.4, 0.5) is 5.95 Å². The summed E-state index contributed by atoms with van der Waals surface area (Å²) in [4.78, 5) is 15.5. The Morgan fingerprint density at radius 3 is 2.81 bits per heavy atom. The second-order valence-corrected chi connectivity index (χ2v) is 5.02. The number of anilines is 1. The van der Waals surface area contributed by atoms with Crippen LogP contribution in [0, 0.1) is 0 Å². The number of hydrogen-bond donors (Lipinski definition) is 3. The van der Waals surface area contributed by atoms with Gasteiger partial charge in [0.1, 0.15) is 0 Å². The number of nitrogens with zero attached hydrogens (tertiary/aromatic N) is 2. The number of hydrogen-bond acceptors (Lipinski definition) is 5. The second-order valence-electron chi connectivity index (χ2n) is 4.08. The first kappa shape index (κ1) is 12.8. The molecule has 0 aliphatic heterocycles. The molecule has 0 atom stereocenters. The fourth-order valence-corrected chi connectivity index (χ4v) is 1.56. The lowest BCUT2D eigenvalue weighted by molar-refractivity contribution is -0.120.